The SMILES string of the molecule is Cc1c(COC(C)[C@H](C)C=O)cccc1-c1ccccc1. The average molecular weight is 282 g/mol. The second-order valence-corrected chi connectivity index (χ2v) is 5.47. The van der Waals surface area contributed by atoms with Gasteiger partial charge in [0, 0.05) is 5.92 Å². The summed E-state index contributed by atoms with van der Waals surface area (Å²) in [7, 11) is 0. The van der Waals surface area contributed by atoms with Gasteiger partial charge in [0.15, 0.2) is 0 Å². The molecule has 0 aliphatic heterocycles. The van der Waals surface area contributed by atoms with Crippen molar-refractivity contribution in [2.45, 2.75) is 33.5 Å². The topological polar surface area (TPSA) is 26.3 Å². The highest BCUT2D eigenvalue weighted by Gasteiger charge is 2.13. The van der Waals surface area contributed by atoms with Gasteiger partial charge in [0.25, 0.3) is 0 Å². The lowest BCUT2D eigenvalue weighted by Crippen LogP contribution is -2.19. The van der Waals surface area contributed by atoms with Crippen molar-refractivity contribution >= 4 is 6.29 Å². The third kappa shape index (κ3) is 3.79. The van der Waals surface area contributed by atoms with Gasteiger partial charge < -0.3 is 9.53 Å². The summed E-state index contributed by atoms with van der Waals surface area (Å²) in [4.78, 5) is 10.8. The van der Waals surface area contributed by atoms with Crippen molar-refractivity contribution < 1.29 is 9.53 Å². The monoisotopic (exact) mass is 282 g/mol. The van der Waals surface area contributed by atoms with Crippen LogP contribution in [0.3, 0.4) is 0 Å². The minimum atomic E-state index is -0.0809. The van der Waals surface area contributed by atoms with E-state index in [0.717, 1.165) is 6.29 Å². The summed E-state index contributed by atoms with van der Waals surface area (Å²) in [6.07, 6.45) is 0.875. The van der Waals surface area contributed by atoms with Crippen LogP contribution in [-0.4, -0.2) is 12.4 Å². The molecule has 1 unspecified atom stereocenters. The molecular formula is C19H22O2. The molecular weight excluding hydrogens is 260 g/mol. The zero-order chi connectivity index (χ0) is 15.2. The first-order chi connectivity index (χ1) is 10.1. The van der Waals surface area contributed by atoms with Crippen molar-refractivity contribution in [3.8, 4) is 11.1 Å². The van der Waals surface area contributed by atoms with Gasteiger partial charge in [-0.05, 0) is 36.1 Å². The molecule has 0 N–H and O–H groups in total. The Morgan fingerprint density at radius 2 is 1.76 bits per heavy atom. The molecule has 2 nitrogen and oxygen atoms in total. The van der Waals surface area contributed by atoms with E-state index in [1.54, 1.807) is 0 Å². The van der Waals surface area contributed by atoms with Gasteiger partial charge in [0.2, 0.25) is 0 Å². The van der Waals surface area contributed by atoms with E-state index in [4.69, 9.17) is 4.74 Å². The normalized spacial score (nSPS) is 13.7. The second-order valence-electron chi connectivity index (χ2n) is 5.47. The standard InChI is InChI=1S/C19H22O2/c1-14(12-20)16(3)21-13-18-10-7-11-19(15(18)2)17-8-5-4-6-9-17/h4-12,14,16H,13H2,1-3H3/t14-,16?/m1/s1. The number of carbonyl (C=O) groups is 1. The van der Waals surface area contributed by atoms with Gasteiger partial charge in [0.1, 0.15) is 6.29 Å². The summed E-state index contributed by atoms with van der Waals surface area (Å²) < 4.78 is 5.82. The highest BCUT2D eigenvalue weighted by Crippen LogP contribution is 2.26. The van der Waals surface area contributed by atoms with Gasteiger partial charge in [-0.25, -0.2) is 0 Å². The number of ether oxygens (including phenoxy) is 1. The van der Waals surface area contributed by atoms with Crippen LogP contribution in [0, 0.1) is 12.8 Å². The van der Waals surface area contributed by atoms with Crippen LogP contribution in [0.2, 0.25) is 0 Å². The fourth-order valence-corrected chi connectivity index (χ4v) is 2.25. The van der Waals surface area contributed by atoms with E-state index >= 15 is 0 Å². The molecule has 0 bridgehead atoms. The quantitative estimate of drug-likeness (QED) is 0.734. The van der Waals surface area contributed by atoms with E-state index in [1.165, 1.54) is 22.3 Å². The summed E-state index contributed by atoms with van der Waals surface area (Å²) >= 11 is 0. The fourth-order valence-electron chi connectivity index (χ4n) is 2.25. The van der Waals surface area contributed by atoms with Crippen LogP contribution in [0.1, 0.15) is 25.0 Å². The largest absolute Gasteiger partial charge is 0.373 e. The van der Waals surface area contributed by atoms with Gasteiger partial charge in [-0.2, -0.15) is 0 Å². The molecule has 2 aromatic carbocycles. The average Bonchev–Trinajstić information content (AvgIpc) is 2.53. The Bertz CT molecular complexity index is 590. The van der Waals surface area contributed by atoms with E-state index in [-0.39, 0.29) is 12.0 Å². The van der Waals surface area contributed by atoms with Crippen LogP contribution >= 0.6 is 0 Å². The molecule has 0 heterocycles. The second kappa shape index (κ2) is 7.19. The Kier molecular flexibility index (Phi) is 5.29. The number of carbonyl (C=O) groups excluding carboxylic acids is 1. The highest BCUT2D eigenvalue weighted by molar-refractivity contribution is 5.68. The lowest BCUT2D eigenvalue weighted by molar-refractivity contribution is -0.115. The van der Waals surface area contributed by atoms with Gasteiger partial charge in [-0.15, -0.1) is 0 Å². The predicted octanol–water partition coefficient (Wildman–Crippen LogP) is 4.40. The first kappa shape index (κ1) is 15.5. The van der Waals surface area contributed by atoms with Gasteiger partial charge in [-0.1, -0.05) is 55.5 Å². The van der Waals surface area contributed by atoms with Crippen LogP contribution < -0.4 is 0 Å². The lowest BCUT2D eigenvalue weighted by atomic mass is 9.97. The number of rotatable bonds is 6. The molecule has 2 rings (SSSR count). The number of hydrogen-bond acceptors (Lipinski definition) is 2. The summed E-state index contributed by atoms with van der Waals surface area (Å²) in [6.45, 7) is 6.47. The Hall–Kier alpha value is -1.93. The summed E-state index contributed by atoms with van der Waals surface area (Å²) in [5, 5.41) is 0. The van der Waals surface area contributed by atoms with Gasteiger partial charge in [0.05, 0.1) is 12.7 Å². The van der Waals surface area contributed by atoms with Crippen molar-refractivity contribution in [3.63, 3.8) is 0 Å². The minimum Gasteiger partial charge on any atom is -0.373 e. The molecule has 0 aromatic heterocycles. The van der Waals surface area contributed by atoms with Gasteiger partial charge >= 0.3 is 0 Å². The maximum absolute atomic E-state index is 10.8. The van der Waals surface area contributed by atoms with Crippen LogP contribution in [0.5, 0.6) is 0 Å². The van der Waals surface area contributed by atoms with Crippen LogP contribution in [0.4, 0.5) is 0 Å². The van der Waals surface area contributed by atoms with Crippen LogP contribution in [0.25, 0.3) is 11.1 Å². The van der Waals surface area contributed by atoms with E-state index in [9.17, 15) is 4.79 Å². The maximum Gasteiger partial charge on any atom is 0.125 e. The van der Waals surface area contributed by atoms with Crippen molar-refractivity contribution in [2.24, 2.45) is 5.92 Å². The van der Waals surface area contributed by atoms with Crippen LogP contribution in [-0.2, 0) is 16.1 Å². The van der Waals surface area contributed by atoms with Crippen molar-refractivity contribution in [3.05, 3.63) is 59.7 Å². The Morgan fingerprint density at radius 1 is 1.05 bits per heavy atom. The minimum absolute atomic E-state index is 0.0673. The van der Waals surface area contributed by atoms with Crippen molar-refractivity contribution in [2.75, 3.05) is 0 Å². The van der Waals surface area contributed by atoms with E-state index < -0.39 is 0 Å². The van der Waals surface area contributed by atoms with E-state index in [1.807, 2.05) is 32.0 Å². The number of aldehydes is 1. The molecule has 0 amide bonds. The Labute approximate surface area is 126 Å². The third-order valence-electron chi connectivity index (χ3n) is 3.99. The molecule has 2 atom stereocenters. The van der Waals surface area contributed by atoms with E-state index in [2.05, 4.69) is 37.3 Å². The molecule has 0 aliphatic rings. The van der Waals surface area contributed by atoms with Crippen LogP contribution in [0.15, 0.2) is 48.5 Å². The van der Waals surface area contributed by atoms with Gasteiger partial charge in [-0.3, -0.25) is 0 Å². The van der Waals surface area contributed by atoms with Crippen molar-refractivity contribution in [1.82, 2.24) is 0 Å². The summed E-state index contributed by atoms with van der Waals surface area (Å²) in [5.74, 6) is -0.0809. The first-order valence-electron chi connectivity index (χ1n) is 7.34. The lowest BCUT2D eigenvalue weighted by Gasteiger charge is -2.17. The molecule has 2 heteroatoms. The molecule has 110 valence electrons. The van der Waals surface area contributed by atoms with Crippen molar-refractivity contribution in [1.29, 1.82) is 0 Å². The fraction of sp³-hybridized carbons (Fsp3) is 0.316. The summed E-state index contributed by atoms with van der Waals surface area (Å²) in [6, 6.07) is 16.6. The molecule has 2 aromatic rings. The first-order valence-corrected chi connectivity index (χ1v) is 7.34. The zero-order valence-electron chi connectivity index (χ0n) is 12.9. The molecule has 21 heavy (non-hydrogen) atoms. The highest BCUT2D eigenvalue weighted by atomic mass is 16.5. The third-order valence-corrected chi connectivity index (χ3v) is 3.99. The number of hydrogen-bond donors (Lipinski definition) is 0. The molecule has 0 saturated carbocycles. The smallest absolute Gasteiger partial charge is 0.125 e. The Balaban J connectivity index is 2.17. The van der Waals surface area contributed by atoms with E-state index in [0.29, 0.717) is 6.61 Å². The number of benzene rings is 2. The molecule has 0 saturated heterocycles. The molecule has 0 spiro atoms. The molecule has 0 aliphatic carbocycles. The predicted molar refractivity (Wildman–Crippen MR) is 86.1 cm³/mol. The summed E-state index contributed by atoms with van der Waals surface area (Å²) in [5.41, 5.74) is 4.84. The zero-order valence-corrected chi connectivity index (χ0v) is 12.9. The molecule has 0 fully saturated rings. The maximum atomic E-state index is 10.8. The Morgan fingerprint density at radius 3 is 2.43 bits per heavy atom. The molecule has 0 radical (unpaired) electrons.